The number of hydrogen-bond donors (Lipinski definition) is 2. The van der Waals surface area contributed by atoms with Crippen LogP contribution in [0.3, 0.4) is 0 Å². The summed E-state index contributed by atoms with van der Waals surface area (Å²) in [5.41, 5.74) is 10.5. The zero-order chi connectivity index (χ0) is 21.3. The van der Waals surface area contributed by atoms with Crippen LogP contribution in [-0.4, -0.2) is 31.5 Å². The van der Waals surface area contributed by atoms with Crippen molar-refractivity contribution in [3.63, 3.8) is 0 Å². The minimum Gasteiger partial charge on any atom is -0.326 e. The molecule has 3 heterocycles. The minimum absolute atomic E-state index is 0.309. The molecule has 0 radical (unpaired) electrons. The molecular weight excluding hydrogens is 383 g/mol. The van der Waals surface area contributed by atoms with Crippen molar-refractivity contribution in [1.82, 2.24) is 19.5 Å². The molecule has 30 heavy (non-hydrogen) atoms. The summed E-state index contributed by atoms with van der Waals surface area (Å²) in [5, 5.41) is 2.72. The molecule has 0 fully saturated rings. The third kappa shape index (κ3) is 3.53. The molecule has 152 valence electrons. The normalized spacial score (nSPS) is 12.1. The summed E-state index contributed by atoms with van der Waals surface area (Å²) in [4.78, 5) is 25.4. The largest absolute Gasteiger partial charge is 0.326 e. The Labute approximate surface area is 172 Å². The van der Waals surface area contributed by atoms with Gasteiger partial charge in [-0.2, -0.15) is 0 Å². The van der Waals surface area contributed by atoms with Crippen LogP contribution in [0, 0.1) is 5.82 Å². The van der Waals surface area contributed by atoms with Crippen molar-refractivity contribution in [2.75, 3.05) is 5.32 Å². The fourth-order valence-corrected chi connectivity index (χ4v) is 3.38. The second-order valence-corrected chi connectivity index (χ2v) is 6.96. The Morgan fingerprint density at radius 2 is 1.87 bits per heavy atom. The Hall–Kier alpha value is -3.65. The number of carbonyl (C=O) groups is 1. The van der Waals surface area contributed by atoms with Crippen molar-refractivity contribution < 1.29 is 9.18 Å². The van der Waals surface area contributed by atoms with Gasteiger partial charge in [0.25, 0.3) is 0 Å². The molecular formula is C22H21FN6O. The number of carbonyl (C=O) groups excluding carboxylic acids is 1. The number of nitrogens with one attached hydrogen (secondary N) is 1. The maximum Gasteiger partial charge on any atom is 0.242 e. The number of aromatic nitrogens is 4. The van der Waals surface area contributed by atoms with E-state index in [2.05, 4.69) is 20.3 Å². The highest BCUT2D eigenvalue weighted by Crippen LogP contribution is 2.38. The number of pyridine rings is 1. The zero-order valence-electron chi connectivity index (χ0n) is 16.6. The van der Waals surface area contributed by atoms with Gasteiger partial charge in [-0.05, 0) is 53.9 Å². The van der Waals surface area contributed by atoms with Gasteiger partial charge in [-0.25, -0.2) is 14.4 Å². The second-order valence-electron chi connectivity index (χ2n) is 6.96. The number of aryl methyl sites for hydroxylation is 1. The Morgan fingerprint density at radius 1 is 1.17 bits per heavy atom. The highest BCUT2D eigenvalue weighted by Gasteiger charge is 2.21. The number of rotatable bonds is 5. The molecule has 1 amide bonds. The van der Waals surface area contributed by atoms with Crippen LogP contribution in [0.15, 0.2) is 55.0 Å². The summed E-state index contributed by atoms with van der Waals surface area (Å²) in [6.45, 7) is 1.84. The fraction of sp³-hybridized carbons (Fsp3) is 0.182. The Morgan fingerprint density at radius 3 is 2.53 bits per heavy atom. The van der Waals surface area contributed by atoms with E-state index >= 15 is 0 Å². The first kappa shape index (κ1) is 19.7. The van der Waals surface area contributed by atoms with E-state index in [1.54, 1.807) is 24.5 Å². The lowest BCUT2D eigenvalue weighted by atomic mass is 10.0. The van der Waals surface area contributed by atoms with Gasteiger partial charge in [0.1, 0.15) is 11.3 Å². The molecule has 4 rings (SSSR count). The van der Waals surface area contributed by atoms with Crippen LogP contribution in [0.25, 0.3) is 33.5 Å². The van der Waals surface area contributed by atoms with Crippen LogP contribution >= 0.6 is 0 Å². The van der Waals surface area contributed by atoms with Crippen LogP contribution < -0.4 is 11.1 Å². The monoisotopic (exact) mass is 404 g/mol. The molecule has 0 spiro atoms. The summed E-state index contributed by atoms with van der Waals surface area (Å²) in [7, 11) is 1.86. The molecule has 0 bridgehead atoms. The average molecular weight is 404 g/mol. The SMILES string of the molecule is CCC(N)C(=O)Nc1cnc2c(-c3ccncc3)c(-c3ccc(F)cc3)n(C)c2n1. The molecule has 3 aromatic heterocycles. The van der Waals surface area contributed by atoms with Crippen LogP contribution in [0.4, 0.5) is 10.2 Å². The summed E-state index contributed by atoms with van der Waals surface area (Å²) < 4.78 is 15.4. The van der Waals surface area contributed by atoms with E-state index in [-0.39, 0.29) is 11.7 Å². The van der Waals surface area contributed by atoms with Crippen LogP contribution in [0.5, 0.6) is 0 Å². The van der Waals surface area contributed by atoms with Gasteiger partial charge in [-0.15, -0.1) is 0 Å². The lowest BCUT2D eigenvalue weighted by Crippen LogP contribution is -2.35. The Kier molecular flexibility index (Phi) is 5.24. The molecule has 0 saturated heterocycles. The average Bonchev–Trinajstić information content (AvgIpc) is 3.06. The van der Waals surface area contributed by atoms with Gasteiger partial charge in [-0.3, -0.25) is 9.78 Å². The molecule has 4 aromatic rings. The van der Waals surface area contributed by atoms with Crippen molar-refractivity contribution in [3.8, 4) is 22.4 Å². The first-order valence-electron chi connectivity index (χ1n) is 9.57. The maximum absolute atomic E-state index is 13.5. The number of halogens is 1. The molecule has 0 aliphatic carbocycles. The molecule has 0 saturated carbocycles. The summed E-state index contributed by atoms with van der Waals surface area (Å²) in [5.74, 6) is -0.297. The molecule has 0 aliphatic heterocycles. The van der Waals surface area contributed by atoms with E-state index in [4.69, 9.17) is 5.73 Å². The Bertz CT molecular complexity index is 1200. The topological polar surface area (TPSA) is 98.7 Å². The molecule has 0 aliphatic rings. The number of hydrogen-bond acceptors (Lipinski definition) is 5. The number of fused-ring (bicyclic) bond motifs is 1. The van der Waals surface area contributed by atoms with E-state index < -0.39 is 6.04 Å². The van der Waals surface area contributed by atoms with Gasteiger partial charge >= 0.3 is 0 Å². The highest BCUT2D eigenvalue weighted by molar-refractivity contribution is 6.02. The van der Waals surface area contributed by atoms with Crippen molar-refractivity contribution in [3.05, 3.63) is 60.8 Å². The van der Waals surface area contributed by atoms with Gasteiger partial charge in [-0.1, -0.05) is 6.92 Å². The summed E-state index contributed by atoms with van der Waals surface area (Å²) in [6.07, 6.45) is 5.45. The lowest BCUT2D eigenvalue weighted by molar-refractivity contribution is -0.117. The third-order valence-corrected chi connectivity index (χ3v) is 5.00. The zero-order valence-corrected chi connectivity index (χ0v) is 16.6. The number of nitrogens with two attached hydrogens (primary N) is 1. The van der Waals surface area contributed by atoms with Gasteiger partial charge in [0.15, 0.2) is 11.5 Å². The number of benzene rings is 1. The molecule has 3 N–H and O–H groups in total. The third-order valence-electron chi connectivity index (χ3n) is 5.00. The van der Waals surface area contributed by atoms with E-state index in [0.717, 1.165) is 22.4 Å². The molecule has 1 aromatic carbocycles. The van der Waals surface area contributed by atoms with Crippen molar-refractivity contribution >= 4 is 22.9 Å². The van der Waals surface area contributed by atoms with Gasteiger partial charge < -0.3 is 15.6 Å². The maximum atomic E-state index is 13.5. The van der Waals surface area contributed by atoms with Crippen LogP contribution in [-0.2, 0) is 11.8 Å². The quantitative estimate of drug-likeness (QED) is 0.530. The first-order valence-corrected chi connectivity index (χ1v) is 9.57. The van der Waals surface area contributed by atoms with E-state index in [1.807, 2.05) is 30.7 Å². The molecule has 7 nitrogen and oxygen atoms in total. The fourth-order valence-electron chi connectivity index (χ4n) is 3.38. The van der Waals surface area contributed by atoms with Gasteiger partial charge in [0, 0.05) is 25.0 Å². The van der Waals surface area contributed by atoms with Gasteiger partial charge in [0.2, 0.25) is 5.91 Å². The molecule has 1 unspecified atom stereocenters. The minimum atomic E-state index is -0.613. The lowest BCUT2D eigenvalue weighted by Gasteiger charge is -2.09. The van der Waals surface area contributed by atoms with Crippen molar-refractivity contribution in [1.29, 1.82) is 0 Å². The number of amides is 1. The number of nitrogens with zero attached hydrogens (tertiary/aromatic N) is 4. The van der Waals surface area contributed by atoms with E-state index in [1.165, 1.54) is 18.3 Å². The first-order chi connectivity index (χ1) is 14.5. The summed E-state index contributed by atoms with van der Waals surface area (Å²) in [6, 6.07) is 9.44. The summed E-state index contributed by atoms with van der Waals surface area (Å²) >= 11 is 0. The molecule has 8 heteroatoms. The highest BCUT2D eigenvalue weighted by atomic mass is 19.1. The van der Waals surface area contributed by atoms with E-state index in [9.17, 15) is 9.18 Å². The van der Waals surface area contributed by atoms with Gasteiger partial charge in [0.05, 0.1) is 17.9 Å². The standard InChI is InChI=1S/C22H21FN6O/c1-3-16(24)22(30)28-17-12-26-19-18(13-8-10-25-11-9-13)20(29(2)21(19)27-17)14-4-6-15(23)7-5-14/h4-12,16H,3,24H2,1-2H3,(H,27,28,30). The van der Waals surface area contributed by atoms with Crippen LogP contribution in [0.2, 0.25) is 0 Å². The van der Waals surface area contributed by atoms with E-state index in [0.29, 0.717) is 23.4 Å². The van der Waals surface area contributed by atoms with Crippen molar-refractivity contribution in [2.45, 2.75) is 19.4 Å². The smallest absolute Gasteiger partial charge is 0.242 e. The predicted molar refractivity (Wildman–Crippen MR) is 114 cm³/mol. The van der Waals surface area contributed by atoms with Crippen molar-refractivity contribution in [2.24, 2.45) is 12.8 Å². The second kappa shape index (κ2) is 8.00. The molecule has 1 atom stereocenters. The Balaban J connectivity index is 1.91. The number of anilines is 1. The van der Waals surface area contributed by atoms with Crippen LogP contribution in [0.1, 0.15) is 13.3 Å². The predicted octanol–water partition coefficient (Wildman–Crippen LogP) is 3.51.